The van der Waals surface area contributed by atoms with Crippen LogP contribution in [0.15, 0.2) is 42.5 Å². The molecule has 0 fully saturated rings. The number of Topliss-reactive ketones (excluding diaryl/α,β-unsaturated/α-hetero) is 1. The van der Waals surface area contributed by atoms with Gasteiger partial charge >= 0.3 is 5.97 Å². The van der Waals surface area contributed by atoms with Crippen LogP contribution in [0.25, 0.3) is 0 Å². The van der Waals surface area contributed by atoms with Crippen LogP contribution in [-0.2, 0) is 14.8 Å². The van der Waals surface area contributed by atoms with E-state index in [-0.39, 0.29) is 16.8 Å². The van der Waals surface area contributed by atoms with Crippen molar-refractivity contribution in [2.24, 2.45) is 0 Å². The highest BCUT2D eigenvalue weighted by Crippen LogP contribution is 2.15. The number of ether oxygens (including phenoxy) is 1. The summed E-state index contributed by atoms with van der Waals surface area (Å²) in [5.41, 5.74) is 0.237. The van der Waals surface area contributed by atoms with Gasteiger partial charge in [-0.15, -0.1) is 0 Å². The molecule has 0 bridgehead atoms. The summed E-state index contributed by atoms with van der Waals surface area (Å²) in [5.74, 6) is -3.81. The average molecular weight is 383 g/mol. The van der Waals surface area contributed by atoms with Crippen molar-refractivity contribution in [3.63, 3.8) is 0 Å². The molecule has 0 aliphatic rings. The van der Waals surface area contributed by atoms with Gasteiger partial charge in [0.1, 0.15) is 0 Å². The fourth-order valence-corrected chi connectivity index (χ4v) is 2.62. The summed E-state index contributed by atoms with van der Waals surface area (Å²) in [4.78, 5) is 24.2. The number of sulfonamides is 1. The minimum Gasteiger partial charge on any atom is -0.451 e. The molecular weight excluding hydrogens is 368 g/mol. The molecule has 2 rings (SSSR count). The van der Waals surface area contributed by atoms with E-state index in [1.165, 1.54) is 31.2 Å². The zero-order valence-corrected chi connectivity index (χ0v) is 14.6. The Morgan fingerprint density at radius 1 is 1.00 bits per heavy atom. The first kappa shape index (κ1) is 19.5. The minimum absolute atomic E-state index is 0.189. The van der Waals surface area contributed by atoms with Crippen molar-refractivity contribution in [2.75, 3.05) is 11.0 Å². The molecule has 1 N–H and O–H groups in total. The Morgan fingerprint density at radius 2 is 1.58 bits per heavy atom. The van der Waals surface area contributed by atoms with E-state index in [4.69, 9.17) is 4.74 Å². The van der Waals surface area contributed by atoms with E-state index in [0.717, 1.165) is 18.4 Å². The predicted molar refractivity (Wildman–Crippen MR) is 90.5 cm³/mol. The van der Waals surface area contributed by atoms with Crippen molar-refractivity contribution in [1.82, 2.24) is 0 Å². The molecule has 0 saturated heterocycles. The van der Waals surface area contributed by atoms with Crippen molar-refractivity contribution in [3.8, 4) is 0 Å². The lowest BCUT2D eigenvalue weighted by molar-refractivity contribution is 0.0318. The van der Waals surface area contributed by atoms with Crippen molar-refractivity contribution in [1.29, 1.82) is 0 Å². The molecule has 2 aromatic rings. The molecule has 0 heterocycles. The molecule has 1 atom stereocenters. The molecule has 0 aliphatic heterocycles. The van der Waals surface area contributed by atoms with E-state index in [9.17, 15) is 26.8 Å². The molecule has 9 heteroatoms. The van der Waals surface area contributed by atoms with Crippen LogP contribution in [0.5, 0.6) is 0 Å². The van der Waals surface area contributed by atoms with Crippen molar-refractivity contribution < 1.29 is 31.5 Å². The summed E-state index contributed by atoms with van der Waals surface area (Å²) in [6, 6.07) is 8.03. The summed E-state index contributed by atoms with van der Waals surface area (Å²) >= 11 is 0. The van der Waals surface area contributed by atoms with E-state index in [1.807, 2.05) is 0 Å². The Balaban J connectivity index is 2.06. The number of benzene rings is 2. The maximum atomic E-state index is 13.2. The molecule has 0 aromatic heterocycles. The van der Waals surface area contributed by atoms with Gasteiger partial charge in [0, 0.05) is 11.3 Å². The SMILES string of the molecule is CC(OC(=O)c1ccc(F)c(F)c1)C(=O)c1ccc(NS(C)(=O)=O)cc1. The first-order chi connectivity index (χ1) is 12.1. The molecular formula is C17H15F2NO5S. The summed E-state index contributed by atoms with van der Waals surface area (Å²) in [6.45, 7) is 1.34. The quantitative estimate of drug-likeness (QED) is 0.612. The van der Waals surface area contributed by atoms with Crippen molar-refractivity contribution >= 4 is 27.5 Å². The van der Waals surface area contributed by atoms with Gasteiger partial charge < -0.3 is 4.74 Å². The third kappa shape index (κ3) is 5.09. The number of hydrogen-bond donors (Lipinski definition) is 1. The van der Waals surface area contributed by atoms with Crippen molar-refractivity contribution in [2.45, 2.75) is 13.0 Å². The molecule has 2 aromatic carbocycles. The molecule has 6 nitrogen and oxygen atoms in total. The molecule has 138 valence electrons. The van der Waals surface area contributed by atoms with Gasteiger partial charge in [-0.2, -0.15) is 0 Å². The highest BCUT2D eigenvalue weighted by atomic mass is 32.2. The van der Waals surface area contributed by atoms with Gasteiger partial charge in [0.2, 0.25) is 15.8 Å². The Morgan fingerprint density at radius 3 is 2.12 bits per heavy atom. The van der Waals surface area contributed by atoms with Crippen LogP contribution in [0.3, 0.4) is 0 Å². The Hall–Kier alpha value is -2.81. The van der Waals surface area contributed by atoms with Crippen LogP contribution in [0, 0.1) is 11.6 Å². The summed E-state index contributed by atoms with van der Waals surface area (Å²) in [5, 5.41) is 0. The third-order valence-electron chi connectivity index (χ3n) is 3.28. The molecule has 0 amide bonds. The topological polar surface area (TPSA) is 89.5 Å². The number of rotatable bonds is 6. The number of nitrogens with one attached hydrogen (secondary N) is 1. The van der Waals surface area contributed by atoms with E-state index in [2.05, 4.69) is 4.72 Å². The van der Waals surface area contributed by atoms with Crippen molar-refractivity contribution in [3.05, 3.63) is 65.2 Å². The molecule has 0 saturated carbocycles. The molecule has 0 aliphatic carbocycles. The molecule has 26 heavy (non-hydrogen) atoms. The fourth-order valence-electron chi connectivity index (χ4n) is 2.06. The van der Waals surface area contributed by atoms with E-state index in [1.54, 1.807) is 0 Å². The van der Waals surface area contributed by atoms with Gasteiger partial charge in [0.15, 0.2) is 17.7 Å². The smallest absolute Gasteiger partial charge is 0.338 e. The van der Waals surface area contributed by atoms with E-state index in [0.29, 0.717) is 6.07 Å². The predicted octanol–water partition coefficient (Wildman–Crippen LogP) is 2.76. The van der Waals surface area contributed by atoms with Gasteiger partial charge in [-0.25, -0.2) is 22.0 Å². The lowest BCUT2D eigenvalue weighted by Crippen LogP contribution is -2.24. The normalized spacial score (nSPS) is 12.3. The summed E-state index contributed by atoms with van der Waals surface area (Å²) in [6.07, 6.45) is -0.185. The Kier molecular flexibility index (Phi) is 5.71. The lowest BCUT2D eigenvalue weighted by atomic mass is 10.1. The number of carbonyl (C=O) groups excluding carboxylic acids is 2. The fraction of sp³-hybridized carbons (Fsp3) is 0.176. The van der Waals surface area contributed by atoms with E-state index >= 15 is 0 Å². The van der Waals surface area contributed by atoms with Gasteiger partial charge in [0.25, 0.3) is 0 Å². The molecule has 0 radical (unpaired) electrons. The average Bonchev–Trinajstić information content (AvgIpc) is 2.55. The Labute approximate surface area is 148 Å². The van der Waals surface area contributed by atoms with Gasteiger partial charge in [0.05, 0.1) is 11.8 Å². The van der Waals surface area contributed by atoms with Crippen LogP contribution in [0.1, 0.15) is 27.6 Å². The van der Waals surface area contributed by atoms with Crippen LogP contribution in [-0.4, -0.2) is 32.5 Å². The maximum absolute atomic E-state index is 13.2. The zero-order chi connectivity index (χ0) is 19.5. The first-order valence-electron chi connectivity index (χ1n) is 7.35. The number of ketones is 1. The van der Waals surface area contributed by atoms with E-state index < -0.39 is 39.5 Å². The maximum Gasteiger partial charge on any atom is 0.338 e. The Bertz CT molecular complexity index is 942. The second kappa shape index (κ2) is 7.61. The van der Waals surface area contributed by atoms with Gasteiger partial charge in [-0.1, -0.05) is 0 Å². The number of halogens is 2. The lowest BCUT2D eigenvalue weighted by Gasteiger charge is -2.13. The highest BCUT2D eigenvalue weighted by molar-refractivity contribution is 7.92. The highest BCUT2D eigenvalue weighted by Gasteiger charge is 2.21. The minimum atomic E-state index is -3.44. The monoisotopic (exact) mass is 383 g/mol. The standard InChI is InChI=1S/C17H15F2NO5S/c1-10(25-17(22)12-5-8-14(18)15(19)9-12)16(21)11-3-6-13(7-4-11)20-26(2,23)24/h3-10,20H,1-2H3. The van der Waals surface area contributed by atoms with Crippen LogP contribution in [0.4, 0.5) is 14.5 Å². The number of hydrogen-bond acceptors (Lipinski definition) is 5. The van der Waals surface area contributed by atoms with Crippen LogP contribution < -0.4 is 4.72 Å². The largest absolute Gasteiger partial charge is 0.451 e. The zero-order valence-electron chi connectivity index (χ0n) is 13.8. The third-order valence-corrected chi connectivity index (χ3v) is 3.89. The van der Waals surface area contributed by atoms with Crippen LogP contribution in [0.2, 0.25) is 0 Å². The second-order valence-corrected chi connectivity index (χ2v) is 7.24. The number of anilines is 1. The number of esters is 1. The summed E-state index contributed by atoms with van der Waals surface area (Å²) < 4.78 is 55.5. The van der Waals surface area contributed by atoms with Gasteiger partial charge in [-0.3, -0.25) is 9.52 Å². The van der Waals surface area contributed by atoms with Gasteiger partial charge in [-0.05, 0) is 49.4 Å². The van der Waals surface area contributed by atoms with Crippen LogP contribution >= 0.6 is 0 Å². The molecule has 1 unspecified atom stereocenters. The second-order valence-electron chi connectivity index (χ2n) is 5.49. The first-order valence-corrected chi connectivity index (χ1v) is 9.24. The number of carbonyl (C=O) groups is 2. The molecule has 0 spiro atoms. The summed E-state index contributed by atoms with van der Waals surface area (Å²) in [7, 11) is -3.44.